The Morgan fingerprint density at radius 1 is 0.889 bits per heavy atom. The summed E-state index contributed by atoms with van der Waals surface area (Å²) in [7, 11) is 5.32. The molecule has 5 atom stereocenters. The molecule has 1 heterocycles. The number of carboxylic acids is 1. The van der Waals surface area contributed by atoms with E-state index in [-0.39, 0.29) is 36.3 Å². The standard InChI is InChI=1S/C27H52BNO7/c1-21(18-19-35-26-25(34-3)22(20-33-2)36-27(26)28)29-23(30)16-14-12-10-8-6-4-5-7-9-11-13-15-17-24(31)32/h21-22,25-27H,4-20,28H2,1-3H3,(H,29,30)(H,31,32)/t21?,22-,25+,26?,27-/m1/s1. The van der Waals surface area contributed by atoms with Crippen LogP contribution in [0.4, 0.5) is 0 Å². The van der Waals surface area contributed by atoms with E-state index in [1.165, 1.54) is 44.9 Å². The molecule has 1 aliphatic rings. The van der Waals surface area contributed by atoms with Crippen molar-refractivity contribution in [2.24, 2.45) is 0 Å². The number of nitrogens with one attached hydrogen (secondary N) is 1. The number of hydrogen-bond donors (Lipinski definition) is 2. The summed E-state index contributed by atoms with van der Waals surface area (Å²) >= 11 is 0. The van der Waals surface area contributed by atoms with Crippen molar-refractivity contribution >= 4 is 19.7 Å². The minimum absolute atomic E-state index is 0.0538. The monoisotopic (exact) mass is 513 g/mol. The lowest BCUT2D eigenvalue weighted by molar-refractivity contribution is -0.137. The van der Waals surface area contributed by atoms with E-state index in [0.717, 1.165) is 38.5 Å². The van der Waals surface area contributed by atoms with Crippen LogP contribution in [0.15, 0.2) is 0 Å². The lowest BCUT2D eigenvalue weighted by Gasteiger charge is -2.23. The van der Waals surface area contributed by atoms with Gasteiger partial charge in [0, 0.05) is 39.7 Å². The van der Waals surface area contributed by atoms with Crippen LogP contribution in [0.2, 0.25) is 0 Å². The minimum Gasteiger partial charge on any atom is -0.481 e. The van der Waals surface area contributed by atoms with E-state index in [4.69, 9.17) is 24.1 Å². The molecule has 2 unspecified atom stereocenters. The molecule has 0 aromatic rings. The van der Waals surface area contributed by atoms with Gasteiger partial charge in [-0.2, -0.15) is 0 Å². The van der Waals surface area contributed by atoms with Gasteiger partial charge in [-0.25, -0.2) is 0 Å². The van der Waals surface area contributed by atoms with E-state index in [2.05, 4.69) is 5.32 Å². The van der Waals surface area contributed by atoms with Crippen molar-refractivity contribution in [1.82, 2.24) is 5.32 Å². The molecule has 1 saturated heterocycles. The third kappa shape index (κ3) is 15.2. The zero-order valence-electron chi connectivity index (χ0n) is 23.3. The first-order valence-corrected chi connectivity index (χ1v) is 14.2. The average molecular weight is 514 g/mol. The van der Waals surface area contributed by atoms with Crippen molar-refractivity contribution in [2.45, 2.75) is 134 Å². The van der Waals surface area contributed by atoms with Gasteiger partial charge in [-0.1, -0.05) is 64.2 Å². The number of carbonyl (C=O) groups excluding carboxylic acids is 1. The molecule has 210 valence electrons. The van der Waals surface area contributed by atoms with Gasteiger partial charge in [-0.05, 0) is 26.2 Å². The summed E-state index contributed by atoms with van der Waals surface area (Å²) < 4.78 is 22.8. The maximum Gasteiger partial charge on any atom is 0.303 e. The predicted octanol–water partition coefficient (Wildman–Crippen LogP) is 3.83. The number of carbonyl (C=O) groups is 2. The van der Waals surface area contributed by atoms with E-state index in [1.807, 2.05) is 14.8 Å². The summed E-state index contributed by atoms with van der Waals surface area (Å²) in [6.07, 6.45) is 15.0. The molecule has 0 radical (unpaired) electrons. The number of amides is 1. The molecule has 8 nitrogen and oxygen atoms in total. The van der Waals surface area contributed by atoms with Crippen LogP contribution in [0, 0.1) is 0 Å². The van der Waals surface area contributed by atoms with Crippen molar-refractivity contribution in [1.29, 1.82) is 0 Å². The van der Waals surface area contributed by atoms with Crippen molar-refractivity contribution in [2.75, 3.05) is 27.4 Å². The topological polar surface area (TPSA) is 103 Å². The van der Waals surface area contributed by atoms with Gasteiger partial charge in [0.2, 0.25) is 5.91 Å². The number of methoxy groups -OCH3 is 2. The van der Waals surface area contributed by atoms with Crippen molar-refractivity contribution in [3.8, 4) is 0 Å². The van der Waals surface area contributed by atoms with Crippen LogP contribution in [-0.2, 0) is 28.5 Å². The van der Waals surface area contributed by atoms with Crippen LogP contribution in [0.1, 0.15) is 103 Å². The van der Waals surface area contributed by atoms with Crippen molar-refractivity contribution in [3.63, 3.8) is 0 Å². The second-order valence-corrected chi connectivity index (χ2v) is 10.3. The maximum absolute atomic E-state index is 12.2. The first kappa shape index (κ1) is 32.9. The van der Waals surface area contributed by atoms with Gasteiger partial charge in [-0.3, -0.25) is 9.59 Å². The highest BCUT2D eigenvalue weighted by atomic mass is 16.6. The summed E-state index contributed by atoms with van der Waals surface area (Å²) in [6.45, 7) is 3.05. The van der Waals surface area contributed by atoms with Gasteiger partial charge >= 0.3 is 5.97 Å². The fourth-order valence-corrected chi connectivity index (χ4v) is 4.85. The molecule has 1 rings (SSSR count). The van der Waals surface area contributed by atoms with Crippen molar-refractivity contribution < 1.29 is 33.6 Å². The molecule has 0 aromatic heterocycles. The molecule has 1 amide bonds. The lowest BCUT2D eigenvalue weighted by Crippen LogP contribution is -2.39. The molecule has 0 bridgehead atoms. The first-order valence-electron chi connectivity index (χ1n) is 14.2. The highest BCUT2D eigenvalue weighted by Gasteiger charge is 2.43. The largest absolute Gasteiger partial charge is 0.481 e. The van der Waals surface area contributed by atoms with E-state index in [1.54, 1.807) is 14.2 Å². The maximum atomic E-state index is 12.2. The molecule has 0 aliphatic carbocycles. The number of rotatable bonds is 23. The molecule has 9 heteroatoms. The van der Waals surface area contributed by atoms with Crippen LogP contribution < -0.4 is 5.32 Å². The summed E-state index contributed by atoms with van der Waals surface area (Å²) in [5.41, 5.74) is 0. The Bertz CT molecular complexity index is 580. The van der Waals surface area contributed by atoms with Gasteiger partial charge in [0.25, 0.3) is 0 Å². The Labute approximate surface area is 219 Å². The molecule has 0 spiro atoms. The van der Waals surface area contributed by atoms with E-state index < -0.39 is 5.97 Å². The first-order chi connectivity index (χ1) is 17.4. The molecular formula is C27H52BNO7. The van der Waals surface area contributed by atoms with Crippen LogP contribution >= 0.6 is 0 Å². The van der Waals surface area contributed by atoms with Gasteiger partial charge in [0.15, 0.2) is 0 Å². The summed E-state index contributed by atoms with van der Waals surface area (Å²) in [5.74, 6) is -0.562. The summed E-state index contributed by atoms with van der Waals surface area (Å²) in [5, 5.41) is 11.7. The van der Waals surface area contributed by atoms with Gasteiger partial charge in [0.1, 0.15) is 26.2 Å². The van der Waals surface area contributed by atoms with Crippen LogP contribution in [0.3, 0.4) is 0 Å². The number of ether oxygens (including phenoxy) is 4. The van der Waals surface area contributed by atoms with Crippen LogP contribution in [-0.4, -0.2) is 82.6 Å². The fourth-order valence-electron chi connectivity index (χ4n) is 4.85. The van der Waals surface area contributed by atoms with Crippen LogP contribution in [0.5, 0.6) is 0 Å². The molecule has 0 aromatic carbocycles. The number of unbranched alkanes of at least 4 members (excludes halogenated alkanes) is 11. The number of hydrogen-bond acceptors (Lipinski definition) is 6. The zero-order valence-corrected chi connectivity index (χ0v) is 23.3. The van der Waals surface area contributed by atoms with E-state index in [0.29, 0.717) is 26.1 Å². The molecule has 2 N–H and O–H groups in total. The van der Waals surface area contributed by atoms with E-state index in [9.17, 15) is 9.59 Å². The average Bonchev–Trinajstić information content (AvgIpc) is 3.13. The molecule has 36 heavy (non-hydrogen) atoms. The SMILES string of the molecule is B[C@@H]1O[C@H](COC)[C@H](OC)C1OCCC(C)NC(=O)CCCCCCCCCCCCCCC(=O)O. The quantitative estimate of drug-likeness (QED) is 0.158. The third-order valence-corrected chi connectivity index (χ3v) is 6.96. The smallest absolute Gasteiger partial charge is 0.303 e. The molecule has 0 saturated carbocycles. The molecular weight excluding hydrogens is 461 g/mol. The Morgan fingerprint density at radius 2 is 1.42 bits per heavy atom. The van der Waals surface area contributed by atoms with Crippen molar-refractivity contribution in [3.05, 3.63) is 0 Å². The van der Waals surface area contributed by atoms with E-state index >= 15 is 0 Å². The van der Waals surface area contributed by atoms with Crippen LogP contribution in [0.25, 0.3) is 0 Å². The Morgan fingerprint density at radius 3 is 1.92 bits per heavy atom. The second kappa shape index (κ2) is 20.9. The molecule has 1 aliphatic heterocycles. The highest BCUT2D eigenvalue weighted by Crippen LogP contribution is 2.25. The van der Waals surface area contributed by atoms with Gasteiger partial charge in [0.05, 0.1) is 12.6 Å². The zero-order chi connectivity index (χ0) is 26.6. The number of carboxylic acid groups (broad SMARTS) is 1. The predicted molar refractivity (Wildman–Crippen MR) is 144 cm³/mol. The lowest BCUT2D eigenvalue weighted by atomic mass is 9.92. The normalized spacial score (nSPS) is 22.5. The Balaban J connectivity index is 1.96. The third-order valence-electron chi connectivity index (χ3n) is 6.96. The second-order valence-electron chi connectivity index (χ2n) is 10.3. The highest BCUT2D eigenvalue weighted by molar-refractivity contribution is 6.11. The Hall–Kier alpha value is -1.16. The van der Waals surface area contributed by atoms with Gasteiger partial charge in [-0.15, -0.1) is 0 Å². The Kier molecular flexibility index (Phi) is 19.0. The fraction of sp³-hybridized carbons (Fsp3) is 0.926. The molecule has 1 fully saturated rings. The summed E-state index contributed by atoms with van der Waals surface area (Å²) in [6, 6.07) is 0.0184. The minimum atomic E-state index is -0.686. The number of aliphatic carboxylic acids is 1. The van der Waals surface area contributed by atoms with Gasteiger partial charge < -0.3 is 29.4 Å². The summed E-state index contributed by atoms with van der Waals surface area (Å²) in [4.78, 5) is 22.7.